The Hall–Kier alpha value is -1.72. The van der Waals surface area contributed by atoms with Crippen LogP contribution in [0.25, 0.3) is 0 Å². The number of nitrogens with one attached hydrogen (secondary N) is 1. The Balaban J connectivity index is 1.69. The molecular weight excluding hydrogens is 252 g/mol. The molecule has 1 N–H and O–H groups in total. The lowest BCUT2D eigenvalue weighted by atomic mass is 10.2. The number of nitrogens with zero attached hydrogens (tertiary/aromatic N) is 3. The second kappa shape index (κ2) is 7.77. The Labute approximate surface area is 120 Å². The van der Waals surface area contributed by atoms with Gasteiger partial charge in [0, 0.05) is 26.2 Å². The van der Waals surface area contributed by atoms with Crippen molar-refractivity contribution in [3.63, 3.8) is 0 Å². The highest BCUT2D eigenvalue weighted by atomic mass is 16.2. The van der Waals surface area contributed by atoms with E-state index in [2.05, 4.69) is 27.3 Å². The minimum Gasteiger partial charge on any atom is -0.301 e. The summed E-state index contributed by atoms with van der Waals surface area (Å²) >= 11 is 0. The number of benzene rings is 1. The Morgan fingerprint density at radius 2 is 1.85 bits per heavy atom. The van der Waals surface area contributed by atoms with Gasteiger partial charge in [-0.2, -0.15) is 5.10 Å². The van der Waals surface area contributed by atoms with Gasteiger partial charge in [0.2, 0.25) is 0 Å². The lowest BCUT2D eigenvalue weighted by Gasteiger charge is -2.33. The van der Waals surface area contributed by atoms with Crippen molar-refractivity contribution >= 4 is 12.1 Å². The predicted octanol–water partition coefficient (Wildman–Crippen LogP) is 0.774. The summed E-state index contributed by atoms with van der Waals surface area (Å²) < 4.78 is 0. The van der Waals surface area contributed by atoms with Crippen LogP contribution < -0.4 is 5.43 Å². The first kappa shape index (κ1) is 14.7. The van der Waals surface area contributed by atoms with Crippen LogP contribution in [-0.2, 0) is 4.79 Å². The van der Waals surface area contributed by atoms with Gasteiger partial charge in [0.05, 0.1) is 12.8 Å². The maximum absolute atomic E-state index is 11.8. The van der Waals surface area contributed by atoms with Gasteiger partial charge in [-0.25, -0.2) is 5.43 Å². The topological polar surface area (TPSA) is 47.9 Å². The van der Waals surface area contributed by atoms with Crippen LogP contribution in [0, 0.1) is 0 Å². The monoisotopic (exact) mass is 274 g/mol. The molecule has 0 atom stereocenters. The molecule has 108 valence electrons. The Bertz CT molecular complexity index is 438. The van der Waals surface area contributed by atoms with Crippen molar-refractivity contribution in [1.29, 1.82) is 0 Å². The molecule has 2 rings (SSSR count). The summed E-state index contributed by atoms with van der Waals surface area (Å²) in [6.07, 6.45) is 1.66. The van der Waals surface area contributed by atoms with Gasteiger partial charge >= 0.3 is 0 Å². The average Bonchev–Trinajstić information content (AvgIpc) is 2.49. The van der Waals surface area contributed by atoms with Crippen molar-refractivity contribution in [3.8, 4) is 0 Å². The number of rotatable bonds is 5. The summed E-state index contributed by atoms with van der Waals surface area (Å²) in [7, 11) is 0. The molecule has 1 amide bonds. The molecule has 20 heavy (non-hydrogen) atoms. The van der Waals surface area contributed by atoms with Crippen LogP contribution in [0.15, 0.2) is 35.4 Å². The summed E-state index contributed by atoms with van der Waals surface area (Å²) in [5.41, 5.74) is 3.56. The molecular formula is C15H22N4O. The smallest absolute Gasteiger partial charge is 0.254 e. The molecule has 0 radical (unpaired) electrons. The standard InChI is InChI=1S/C15H22N4O/c1-2-18-8-10-19(11-9-18)13-15(20)17-16-12-14-6-4-3-5-7-14/h3-7,12H,2,8-11,13H2,1H3,(H,17,20)/b16-12-. The zero-order valence-electron chi connectivity index (χ0n) is 12.0. The predicted molar refractivity (Wildman–Crippen MR) is 80.7 cm³/mol. The molecule has 5 heteroatoms. The fourth-order valence-electron chi connectivity index (χ4n) is 2.22. The van der Waals surface area contributed by atoms with Gasteiger partial charge in [-0.1, -0.05) is 37.3 Å². The third-order valence-corrected chi connectivity index (χ3v) is 3.48. The molecule has 1 fully saturated rings. The van der Waals surface area contributed by atoms with Crippen molar-refractivity contribution in [3.05, 3.63) is 35.9 Å². The van der Waals surface area contributed by atoms with Gasteiger partial charge in [0.25, 0.3) is 5.91 Å². The fraction of sp³-hybridized carbons (Fsp3) is 0.467. The number of hydrogen-bond acceptors (Lipinski definition) is 4. The number of hydrazone groups is 1. The van der Waals surface area contributed by atoms with Crippen LogP contribution in [0.2, 0.25) is 0 Å². The van der Waals surface area contributed by atoms with E-state index in [0.29, 0.717) is 6.54 Å². The summed E-state index contributed by atoms with van der Waals surface area (Å²) in [4.78, 5) is 16.3. The number of piperazine rings is 1. The quantitative estimate of drug-likeness (QED) is 0.637. The molecule has 1 aliphatic heterocycles. The van der Waals surface area contributed by atoms with Crippen LogP contribution in [0.3, 0.4) is 0 Å². The number of hydrogen-bond donors (Lipinski definition) is 1. The second-order valence-electron chi connectivity index (χ2n) is 4.91. The summed E-state index contributed by atoms with van der Waals surface area (Å²) in [6.45, 7) is 7.65. The highest BCUT2D eigenvalue weighted by Crippen LogP contribution is 2.00. The van der Waals surface area contributed by atoms with Crippen molar-refractivity contribution in [1.82, 2.24) is 15.2 Å². The summed E-state index contributed by atoms with van der Waals surface area (Å²) in [5, 5.41) is 3.98. The van der Waals surface area contributed by atoms with E-state index >= 15 is 0 Å². The Morgan fingerprint density at radius 1 is 1.20 bits per heavy atom. The number of carbonyl (C=O) groups excluding carboxylic acids is 1. The van der Waals surface area contributed by atoms with E-state index in [1.165, 1.54) is 0 Å². The molecule has 0 bridgehead atoms. The molecule has 0 aliphatic carbocycles. The zero-order chi connectivity index (χ0) is 14.2. The largest absolute Gasteiger partial charge is 0.301 e. The van der Waals surface area contributed by atoms with Crippen molar-refractivity contribution in [2.24, 2.45) is 5.10 Å². The van der Waals surface area contributed by atoms with Crippen molar-refractivity contribution in [2.45, 2.75) is 6.92 Å². The van der Waals surface area contributed by atoms with Crippen LogP contribution in [-0.4, -0.2) is 61.2 Å². The zero-order valence-corrected chi connectivity index (χ0v) is 12.0. The normalized spacial score (nSPS) is 17.4. The molecule has 5 nitrogen and oxygen atoms in total. The van der Waals surface area contributed by atoms with Crippen LogP contribution in [0.4, 0.5) is 0 Å². The third kappa shape index (κ3) is 4.75. The van der Waals surface area contributed by atoms with Gasteiger partial charge in [0.15, 0.2) is 0 Å². The first-order valence-electron chi connectivity index (χ1n) is 7.09. The molecule has 1 aromatic rings. The van der Waals surface area contributed by atoms with E-state index in [-0.39, 0.29) is 5.91 Å². The van der Waals surface area contributed by atoms with Gasteiger partial charge in [-0.3, -0.25) is 9.69 Å². The molecule has 1 aromatic carbocycles. The molecule has 0 aromatic heterocycles. The molecule has 1 saturated heterocycles. The van der Waals surface area contributed by atoms with E-state index in [1.807, 2.05) is 30.3 Å². The minimum absolute atomic E-state index is 0.0536. The average molecular weight is 274 g/mol. The maximum atomic E-state index is 11.8. The third-order valence-electron chi connectivity index (χ3n) is 3.48. The Kier molecular flexibility index (Phi) is 5.70. The number of likely N-dealkylation sites (N-methyl/N-ethyl adjacent to an activating group) is 1. The van der Waals surface area contributed by atoms with Gasteiger partial charge in [0.1, 0.15) is 0 Å². The van der Waals surface area contributed by atoms with Crippen molar-refractivity contribution in [2.75, 3.05) is 39.3 Å². The van der Waals surface area contributed by atoms with E-state index < -0.39 is 0 Å². The molecule has 0 unspecified atom stereocenters. The van der Waals surface area contributed by atoms with Crippen LogP contribution >= 0.6 is 0 Å². The van der Waals surface area contributed by atoms with Gasteiger partial charge < -0.3 is 4.90 Å². The first-order chi connectivity index (χ1) is 9.78. The lowest BCUT2D eigenvalue weighted by molar-refractivity contribution is -0.122. The van der Waals surface area contributed by atoms with Gasteiger partial charge in [-0.15, -0.1) is 0 Å². The van der Waals surface area contributed by atoms with E-state index in [4.69, 9.17) is 0 Å². The minimum atomic E-state index is -0.0536. The van der Waals surface area contributed by atoms with E-state index in [9.17, 15) is 4.79 Å². The molecule has 0 saturated carbocycles. The molecule has 1 heterocycles. The van der Waals surface area contributed by atoms with Crippen LogP contribution in [0.5, 0.6) is 0 Å². The highest BCUT2D eigenvalue weighted by Gasteiger charge is 2.17. The molecule has 0 spiro atoms. The molecule has 1 aliphatic rings. The van der Waals surface area contributed by atoms with Crippen molar-refractivity contribution < 1.29 is 4.79 Å². The Morgan fingerprint density at radius 3 is 2.50 bits per heavy atom. The lowest BCUT2D eigenvalue weighted by Crippen LogP contribution is -2.48. The van der Waals surface area contributed by atoms with Gasteiger partial charge in [-0.05, 0) is 12.1 Å². The number of carbonyl (C=O) groups is 1. The summed E-state index contributed by atoms with van der Waals surface area (Å²) in [6, 6.07) is 9.72. The maximum Gasteiger partial charge on any atom is 0.254 e. The fourth-order valence-corrected chi connectivity index (χ4v) is 2.22. The van der Waals surface area contributed by atoms with E-state index in [0.717, 1.165) is 38.3 Å². The van der Waals surface area contributed by atoms with Crippen LogP contribution in [0.1, 0.15) is 12.5 Å². The first-order valence-corrected chi connectivity index (χ1v) is 7.09. The number of amides is 1. The van der Waals surface area contributed by atoms with E-state index in [1.54, 1.807) is 6.21 Å². The second-order valence-corrected chi connectivity index (χ2v) is 4.91. The SMILES string of the molecule is CCN1CCN(CC(=O)N/N=C\c2ccccc2)CC1. The summed E-state index contributed by atoms with van der Waals surface area (Å²) in [5.74, 6) is -0.0536. The highest BCUT2D eigenvalue weighted by molar-refractivity contribution is 5.83.